The molecule has 1 aliphatic rings. The summed E-state index contributed by atoms with van der Waals surface area (Å²) in [6, 6.07) is 8.16. The second-order valence-electron chi connectivity index (χ2n) is 5.01. The lowest BCUT2D eigenvalue weighted by molar-refractivity contribution is 0.0645. The Morgan fingerprint density at radius 1 is 1.24 bits per heavy atom. The molecule has 1 atom stereocenters. The van der Waals surface area contributed by atoms with Crippen molar-refractivity contribution in [1.29, 1.82) is 0 Å². The summed E-state index contributed by atoms with van der Waals surface area (Å²) < 4.78 is 0. The van der Waals surface area contributed by atoms with Crippen molar-refractivity contribution in [3.8, 4) is 0 Å². The lowest BCUT2D eigenvalue weighted by Gasteiger charge is -2.37. The molecular formula is C16H22O. The van der Waals surface area contributed by atoms with Crippen LogP contribution < -0.4 is 0 Å². The van der Waals surface area contributed by atoms with Gasteiger partial charge >= 0.3 is 0 Å². The molecule has 1 aliphatic carbocycles. The lowest BCUT2D eigenvalue weighted by atomic mass is 9.73. The van der Waals surface area contributed by atoms with E-state index in [0.717, 1.165) is 18.4 Å². The van der Waals surface area contributed by atoms with Crippen LogP contribution in [0, 0.1) is 0 Å². The Hall–Kier alpha value is -1.08. The first kappa shape index (κ1) is 12.4. The molecule has 0 saturated heterocycles. The van der Waals surface area contributed by atoms with Gasteiger partial charge in [0.1, 0.15) is 5.60 Å². The molecule has 1 nitrogen and oxygen atoms in total. The van der Waals surface area contributed by atoms with Crippen molar-refractivity contribution in [3.63, 3.8) is 0 Å². The fraction of sp³-hybridized carbons (Fsp3) is 0.500. The van der Waals surface area contributed by atoms with E-state index in [1.807, 2.05) is 24.3 Å². The number of rotatable bonds is 6. The highest BCUT2D eigenvalue weighted by atomic mass is 16.3. The van der Waals surface area contributed by atoms with Gasteiger partial charge < -0.3 is 5.11 Å². The van der Waals surface area contributed by atoms with Gasteiger partial charge in [-0.25, -0.2) is 0 Å². The highest BCUT2D eigenvalue weighted by Crippen LogP contribution is 2.39. The molecule has 0 saturated carbocycles. The second-order valence-corrected chi connectivity index (χ2v) is 5.01. The number of allylic oxidation sites excluding steroid dienone is 1. The van der Waals surface area contributed by atoms with E-state index in [0.29, 0.717) is 0 Å². The van der Waals surface area contributed by atoms with Crippen LogP contribution in [0.5, 0.6) is 0 Å². The van der Waals surface area contributed by atoms with Gasteiger partial charge in [-0.05, 0) is 24.0 Å². The molecule has 1 aromatic carbocycles. The van der Waals surface area contributed by atoms with Crippen LogP contribution in [0.25, 0.3) is 0 Å². The van der Waals surface area contributed by atoms with E-state index < -0.39 is 5.60 Å². The van der Waals surface area contributed by atoms with Crippen molar-refractivity contribution in [2.75, 3.05) is 0 Å². The molecule has 17 heavy (non-hydrogen) atoms. The van der Waals surface area contributed by atoms with Gasteiger partial charge in [0.2, 0.25) is 0 Å². The number of benzene rings is 1. The van der Waals surface area contributed by atoms with Crippen molar-refractivity contribution in [1.82, 2.24) is 0 Å². The predicted molar refractivity (Wildman–Crippen MR) is 71.9 cm³/mol. The van der Waals surface area contributed by atoms with Crippen LogP contribution in [0.3, 0.4) is 0 Å². The lowest BCUT2D eigenvalue weighted by Crippen LogP contribution is -2.36. The molecule has 1 aromatic rings. The highest BCUT2D eigenvalue weighted by Gasteiger charge is 2.37. The van der Waals surface area contributed by atoms with Crippen LogP contribution >= 0.6 is 0 Å². The molecule has 92 valence electrons. The zero-order chi connectivity index (χ0) is 12.1. The minimum absolute atomic E-state index is 0.679. The number of unbranched alkanes of at least 4 members (excludes halogenated alkanes) is 4. The molecule has 2 rings (SSSR count). The first-order chi connectivity index (χ1) is 8.26. The predicted octanol–water partition coefficient (Wildman–Crippen LogP) is 3.96. The number of aliphatic hydroxyl groups is 1. The van der Waals surface area contributed by atoms with Gasteiger partial charge in [0.25, 0.3) is 0 Å². The Kier molecular flexibility index (Phi) is 4.01. The van der Waals surface area contributed by atoms with Crippen molar-refractivity contribution < 1.29 is 5.11 Å². The summed E-state index contributed by atoms with van der Waals surface area (Å²) in [6.45, 7) is 2.23. The molecule has 0 bridgehead atoms. The first-order valence-electron chi connectivity index (χ1n) is 6.75. The van der Waals surface area contributed by atoms with Gasteiger partial charge in [-0.1, -0.05) is 62.6 Å². The zero-order valence-electron chi connectivity index (χ0n) is 10.7. The first-order valence-corrected chi connectivity index (χ1v) is 6.75. The molecule has 0 fully saturated rings. The van der Waals surface area contributed by atoms with E-state index in [9.17, 15) is 5.11 Å². The Bertz CT molecular complexity index is 394. The molecule has 0 aromatic heterocycles. The maximum atomic E-state index is 10.4. The summed E-state index contributed by atoms with van der Waals surface area (Å²) in [5.41, 5.74) is 1.69. The summed E-state index contributed by atoms with van der Waals surface area (Å²) in [5, 5.41) is 10.4. The molecule has 1 N–H and O–H groups in total. The Labute approximate surface area is 104 Å². The highest BCUT2D eigenvalue weighted by molar-refractivity contribution is 5.45. The van der Waals surface area contributed by atoms with Crippen molar-refractivity contribution >= 4 is 0 Å². The van der Waals surface area contributed by atoms with E-state index in [-0.39, 0.29) is 0 Å². The quantitative estimate of drug-likeness (QED) is 0.579. The second kappa shape index (κ2) is 5.50. The third-order valence-electron chi connectivity index (χ3n) is 3.56. The molecule has 0 aliphatic heterocycles. The SMILES string of the molecule is CCCCCC/C=C/C1(O)Cc2ccccc21. The fourth-order valence-corrected chi connectivity index (χ4v) is 2.49. The van der Waals surface area contributed by atoms with Crippen LogP contribution in [0.15, 0.2) is 36.4 Å². The summed E-state index contributed by atoms with van der Waals surface area (Å²) >= 11 is 0. The molecule has 1 unspecified atom stereocenters. The number of hydrogen-bond acceptors (Lipinski definition) is 1. The third-order valence-corrected chi connectivity index (χ3v) is 3.56. The minimum atomic E-state index is -0.679. The average Bonchev–Trinajstić information content (AvgIpc) is 2.33. The largest absolute Gasteiger partial charge is 0.381 e. The van der Waals surface area contributed by atoms with Crippen molar-refractivity contribution in [2.45, 2.75) is 51.0 Å². The number of fused-ring (bicyclic) bond motifs is 1. The van der Waals surface area contributed by atoms with Gasteiger partial charge in [0.15, 0.2) is 0 Å². The summed E-state index contributed by atoms with van der Waals surface area (Å²) in [4.78, 5) is 0. The number of hydrogen-bond donors (Lipinski definition) is 1. The molecule has 1 heteroatoms. The third kappa shape index (κ3) is 2.78. The summed E-state index contributed by atoms with van der Waals surface area (Å²) in [6.07, 6.45) is 11.1. The molecule has 0 radical (unpaired) electrons. The van der Waals surface area contributed by atoms with Crippen molar-refractivity contribution in [2.24, 2.45) is 0 Å². The zero-order valence-corrected chi connectivity index (χ0v) is 10.7. The van der Waals surface area contributed by atoms with Crippen LogP contribution in [-0.2, 0) is 12.0 Å². The smallest absolute Gasteiger partial charge is 0.112 e. The van der Waals surface area contributed by atoms with Crippen LogP contribution in [-0.4, -0.2) is 5.11 Å². The molecule has 0 heterocycles. The Balaban J connectivity index is 1.82. The maximum absolute atomic E-state index is 10.4. The molecular weight excluding hydrogens is 208 g/mol. The van der Waals surface area contributed by atoms with E-state index in [4.69, 9.17) is 0 Å². The van der Waals surface area contributed by atoms with E-state index >= 15 is 0 Å². The van der Waals surface area contributed by atoms with Crippen LogP contribution in [0.4, 0.5) is 0 Å². The maximum Gasteiger partial charge on any atom is 0.112 e. The Morgan fingerprint density at radius 2 is 2.06 bits per heavy atom. The van der Waals surface area contributed by atoms with Gasteiger partial charge in [-0.2, -0.15) is 0 Å². The van der Waals surface area contributed by atoms with Crippen molar-refractivity contribution in [3.05, 3.63) is 47.5 Å². The van der Waals surface area contributed by atoms with E-state index in [1.54, 1.807) is 0 Å². The van der Waals surface area contributed by atoms with Gasteiger partial charge in [-0.3, -0.25) is 0 Å². The average molecular weight is 230 g/mol. The fourth-order valence-electron chi connectivity index (χ4n) is 2.49. The topological polar surface area (TPSA) is 20.2 Å². The normalized spacial score (nSPS) is 22.5. The Morgan fingerprint density at radius 3 is 2.82 bits per heavy atom. The summed E-state index contributed by atoms with van der Waals surface area (Å²) in [5.74, 6) is 0. The van der Waals surface area contributed by atoms with Crippen LogP contribution in [0.2, 0.25) is 0 Å². The van der Waals surface area contributed by atoms with Crippen LogP contribution in [0.1, 0.15) is 50.2 Å². The van der Waals surface area contributed by atoms with Gasteiger partial charge in [0, 0.05) is 6.42 Å². The van der Waals surface area contributed by atoms with Gasteiger partial charge in [0.05, 0.1) is 0 Å². The van der Waals surface area contributed by atoms with E-state index in [1.165, 1.54) is 31.2 Å². The summed E-state index contributed by atoms with van der Waals surface area (Å²) in [7, 11) is 0. The molecule has 0 amide bonds. The molecule has 0 spiro atoms. The van der Waals surface area contributed by atoms with Gasteiger partial charge in [-0.15, -0.1) is 0 Å². The monoisotopic (exact) mass is 230 g/mol. The van der Waals surface area contributed by atoms with E-state index in [2.05, 4.69) is 19.1 Å². The standard InChI is InChI=1S/C16H22O/c1-2-3-4-5-6-9-12-16(17)13-14-10-7-8-11-15(14)16/h7-12,17H,2-6,13H2,1H3/b12-9+. The minimum Gasteiger partial charge on any atom is -0.381 e.